The average molecular weight is 363 g/mol. The first-order valence-electron chi connectivity index (χ1n) is 7.87. The van der Waals surface area contributed by atoms with Crippen LogP contribution in [0.2, 0.25) is 0 Å². The summed E-state index contributed by atoms with van der Waals surface area (Å²) >= 11 is 0. The molecular weight excluding hydrogens is 350 g/mol. The molecule has 10 nitrogen and oxygen atoms in total. The molecule has 10 heteroatoms. The third-order valence-corrected chi connectivity index (χ3v) is 3.92. The number of methoxy groups -OCH3 is 1. The van der Waals surface area contributed by atoms with E-state index >= 15 is 0 Å². The number of nitrogens with one attached hydrogen (secondary N) is 2. The number of carbonyl (C=O) groups excluding carboxylic acids is 2. The van der Waals surface area contributed by atoms with Gasteiger partial charge in [-0.1, -0.05) is 6.07 Å². The first kappa shape index (κ1) is 16.4. The number of aromatic amines is 1. The van der Waals surface area contributed by atoms with Gasteiger partial charge in [-0.3, -0.25) is 9.89 Å². The number of hydrogen-bond donors (Lipinski definition) is 2. The van der Waals surface area contributed by atoms with Gasteiger partial charge in [0, 0.05) is 16.6 Å². The second-order valence-electron chi connectivity index (χ2n) is 5.58. The smallest absolute Gasteiger partial charge is 0.359 e. The standard InChI is InChI=1S/C17H13N7O3/c1-27-17(26)15-13-8-11(5-6-14(13)20-21-15)19-16(25)10-3-2-4-12(7-10)24-9-18-22-23-24/h2-9H,1H3,(H,19,25)(H,20,21). The van der Waals surface area contributed by atoms with Crippen LogP contribution in [0, 0.1) is 0 Å². The van der Waals surface area contributed by atoms with E-state index in [1.807, 2.05) is 0 Å². The zero-order valence-electron chi connectivity index (χ0n) is 14.1. The van der Waals surface area contributed by atoms with E-state index in [2.05, 4.69) is 31.0 Å². The van der Waals surface area contributed by atoms with Gasteiger partial charge in [-0.2, -0.15) is 5.10 Å². The molecule has 2 N–H and O–H groups in total. The molecule has 4 rings (SSSR count). The fourth-order valence-corrected chi connectivity index (χ4v) is 2.62. The molecule has 0 aliphatic rings. The van der Waals surface area contributed by atoms with Crippen LogP contribution in [0.3, 0.4) is 0 Å². The Morgan fingerprint density at radius 3 is 2.85 bits per heavy atom. The Kier molecular flexibility index (Phi) is 4.05. The number of carbonyl (C=O) groups is 2. The number of ether oxygens (including phenoxy) is 1. The summed E-state index contributed by atoms with van der Waals surface area (Å²) in [5.41, 5.74) is 2.43. The highest BCUT2D eigenvalue weighted by Gasteiger charge is 2.15. The van der Waals surface area contributed by atoms with Crippen molar-refractivity contribution in [3.8, 4) is 5.69 Å². The number of esters is 1. The third kappa shape index (κ3) is 3.11. The lowest BCUT2D eigenvalue weighted by atomic mass is 10.1. The summed E-state index contributed by atoms with van der Waals surface area (Å²) in [5, 5.41) is 21.0. The monoisotopic (exact) mass is 363 g/mol. The quantitative estimate of drug-likeness (QED) is 0.527. The van der Waals surface area contributed by atoms with Crippen molar-refractivity contribution in [2.75, 3.05) is 12.4 Å². The van der Waals surface area contributed by atoms with Crippen molar-refractivity contribution in [1.29, 1.82) is 0 Å². The van der Waals surface area contributed by atoms with E-state index < -0.39 is 5.97 Å². The summed E-state index contributed by atoms with van der Waals surface area (Å²) < 4.78 is 6.17. The second-order valence-corrected chi connectivity index (χ2v) is 5.58. The Morgan fingerprint density at radius 2 is 2.07 bits per heavy atom. The predicted molar refractivity (Wildman–Crippen MR) is 94.5 cm³/mol. The van der Waals surface area contributed by atoms with E-state index in [-0.39, 0.29) is 11.6 Å². The molecule has 0 unspecified atom stereocenters. The van der Waals surface area contributed by atoms with Crippen molar-refractivity contribution < 1.29 is 14.3 Å². The number of benzene rings is 2. The summed E-state index contributed by atoms with van der Waals surface area (Å²) in [4.78, 5) is 24.4. The number of H-pyrrole nitrogens is 1. The van der Waals surface area contributed by atoms with Gasteiger partial charge < -0.3 is 10.1 Å². The molecule has 27 heavy (non-hydrogen) atoms. The first-order chi connectivity index (χ1) is 13.2. The van der Waals surface area contributed by atoms with Gasteiger partial charge >= 0.3 is 5.97 Å². The largest absolute Gasteiger partial charge is 0.464 e. The maximum Gasteiger partial charge on any atom is 0.359 e. The Bertz CT molecular complexity index is 1130. The molecule has 4 aromatic rings. The van der Waals surface area contributed by atoms with Gasteiger partial charge in [0.2, 0.25) is 0 Å². The molecule has 2 aromatic heterocycles. The number of fused-ring (bicyclic) bond motifs is 1. The topological polar surface area (TPSA) is 128 Å². The van der Waals surface area contributed by atoms with Gasteiger partial charge in [-0.05, 0) is 46.8 Å². The minimum absolute atomic E-state index is 0.157. The summed E-state index contributed by atoms with van der Waals surface area (Å²) in [5.74, 6) is -0.869. The highest BCUT2D eigenvalue weighted by molar-refractivity contribution is 6.07. The summed E-state index contributed by atoms with van der Waals surface area (Å²) in [6, 6.07) is 12.0. The SMILES string of the molecule is COC(=O)c1n[nH]c2ccc(NC(=O)c3cccc(-n4cnnn4)c3)cc12. The molecule has 134 valence electrons. The summed E-state index contributed by atoms with van der Waals surface area (Å²) in [6.45, 7) is 0. The molecule has 1 amide bonds. The lowest BCUT2D eigenvalue weighted by Crippen LogP contribution is -2.12. The Morgan fingerprint density at radius 1 is 1.19 bits per heavy atom. The van der Waals surface area contributed by atoms with Crippen molar-refractivity contribution in [3.05, 3.63) is 60.0 Å². The lowest BCUT2D eigenvalue weighted by molar-refractivity contribution is 0.0596. The molecule has 0 spiro atoms. The van der Waals surface area contributed by atoms with E-state index in [4.69, 9.17) is 4.74 Å². The van der Waals surface area contributed by atoms with Crippen molar-refractivity contribution in [2.24, 2.45) is 0 Å². The zero-order chi connectivity index (χ0) is 18.8. The number of aromatic nitrogens is 6. The number of rotatable bonds is 4. The van der Waals surface area contributed by atoms with Crippen LogP contribution in [0.15, 0.2) is 48.8 Å². The highest BCUT2D eigenvalue weighted by atomic mass is 16.5. The lowest BCUT2D eigenvalue weighted by Gasteiger charge is -2.07. The number of hydrogen-bond acceptors (Lipinski definition) is 7. The minimum atomic E-state index is -0.557. The molecule has 0 atom stereocenters. The molecular formula is C17H13N7O3. The van der Waals surface area contributed by atoms with Crippen LogP contribution in [0.25, 0.3) is 16.6 Å². The summed E-state index contributed by atoms with van der Waals surface area (Å²) in [7, 11) is 1.28. The highest BCUT2D eigenvalue weighted by Crippen LogP contribution is 2.22. The number of anilines is 1. The number of nitrogens with zero attached hydrogens (tertiary/aromatic N) is 5. The molecule has 0 aliphatic carbocycles. The third-order valence-electron chi connectivity index (χ3n) is 3.92. The van der Waals surface area contributed by atoms with E-state index in [1.165, 1.54) is 18.1 Å². The van der Waals surface area contributed by atoms with Crippen LogP contribution in [0.4, 0.5) is 5.69 Å². The Hall–Kier alpha value is -4.08. The molecule has 0 aliphatic heterocycles. The maximum atomic E-state index is 12.6. The minimum Gasteiger partial charge on any atom is -0.464 e. The van der Waals surface area contributed by atoms with Crippen LogP contribution < -0.4 is 5.32 Å². The van der Waals surface area contributed by atoms with Gasteiger partial charge in [0.05, 0.1) is 18.3 Å². The fraction of sp³-hybridized carbons (Fsp3) is 0.0588. The molecule has 2 heterocycles. The van der Waals surface area contributed by atoms with Crippen LogP contribution in [0.5, 0.6) is 0 Å². The molecule has 0 saturated heterocycles. The normalized spacial score (nSPS) is 10.7. The van der Waals surface area contributed by atoms with E-state index in [1.54, 1.807) is 42.5 Å². The number of amides is 1. The van der Waals surface area contributed by atoms with Gasteiger partial charge in [0.15, 0.2) is 5.69 Å². The molecule has 2 aromatic carbocycles. The van der Waals surface area contributed by atoms with Gasteiger partial charge in [-0.15, -0.1) is 5.10 Å². The van der Waals surface area contributed by atoms with E-state index in [0.717, 1.165) is 0 Å². The first-order valence-corrected chi connectivity index (χ1v) is 7.87. The van der Waals surface area contributed by atoms with Crippen molar-refractivity contribution in [2.45, 2.75) is 0 Å². The van der Waals surface area contributed by atoms with Crippen LogP contribution >= 0.6 is 0 Å². The van der Waals surface area contributed by atoms with Gasteiger partial charge in [-0.25, -0.2) is 9.48 Å². The van der Waals surface area contributed by atoms with Crippen molar-refractivity contribution in [3.63, 3.8) is 0 Å². The van der Waals surface area contributed by atoms with E-state index in [9.17, 15) is 9.59 Å². The van der Waals surface area contributed by atoms with Crippen LogP contribution in [-0.2, 0) is 4.74 Å². The van der Waals surface area contributed by atoms with Crippen LogP contribution in [-0.4, -0.2) is 49.4 Å². The molecule has 0 saturated carbocycles. The fourth-order valence-electron chi connectivity index (χ4n) is 2.62. The van der Waals surface area contributed by atoms with Crippen LogP contribution in [0.1, 0.15) is 20.8 Å². The predicted octanol–water partition coefficient (Wildman–Crippen LogP) is 1.58. The van der Waals surface area contributed by atoms with Gasteiger partial charge in [0.25, 0.3) is 5.91 Å². The Labute approximate surface area is 152 Å². The summed E-state index contributed by atoms with van der Waals surface area (Å²) in [6.07, 6.45) is 1.44. The Balaban J connectivity index is 1.61. The average Bonchev–Trinajstić information content (AvgIpc) is 3.37. The number of tetrazole rings is 1. The second kappa shape index (κ2) is 6.67. The molecule has 0 radical (unpaired) electrons. The van der Waals surface area contributed by atoms with Crippen molar-refractivity contribution in [1.82, 2.24) is 30.4 Å². The van der Waals surface area contributed by atoms with Gasteiger partial charge in [0.1, 0.15) is 6.33 Å². The molecule has 0 bridgehead atoms. The van der Waals surface area contributed by atoms with Crippen molar-refractivity contribution >= 4 is 28.5 Å². The zero-order valence-corrected chi connectivity index (χ0v) is 14.1. The maximum absolute atomic E-state index is 12.6. The van der Waals surface area contributed by atoms with E-state index in [0.29, 0.717) is 27.8 Å². The molecule has 0 fully saturated rings.